The van der Waals surface area contributed by atoms with E-state index in [0.717, 1.165) is 0 Å². The van der Waals surface area contributed by atoms with Crippen LogP contribution < -0.4 is 5.69 Å². The van der Waals surface area contributed by atoms with Crippen molar-refractivity contribution >= 4 is 27.8 Å². The summed E-state index contributed by atoms with van der Waals surface area (Å²) in [6, 6.07) is 4.46. The summed E-state index contributed by atoms with van der Waals surface area (Å²) < 4.78 is 12.9. The summed E-state index contributed by atoms with van der Waals surface area (Å²) in [4.78, 5) is 25.2. The Hall–Kier alpha value is -1.89. The minimum absolute atomic E-state index is 0.123. The number of imidazole rings is 1. The highest BCUT2D eigenvalue weighted by molar-refractivity contribution is 7.84. The predicted molar refractivity (Wildman–Crippen MR) is 73.1 cm³/mol. The molecule has 1 atom stereocenters. The molecule has 0 aliphatic carbocycles. The average molecular weight is 282 g/mol. The molecule has 0 aliphatic heterocycles. The van der Waals surface area contributed by atoms with Gasteiger partial charge in [0.15, 0.2) is 0 Å². The van der Waals surface area contributed by atoms with Crippen molar-refractivity contribution in [1.82, 2.24) is 9.55 Å². The van der Waals surface area contributed by atoms with Gasteiger partial charge in [-0.05, 0) is 18.2 Å². The number of hydrogen-bond donors (Lipinski definition) is 2. The van der Waals surface area contributed by atoms with Gasteiger partial charge in [0.1, 0.15) is 0 Å². The number of aromatic amines is 1. The number of carboxylic acid groups (broad SMARTS) is 1. The average Bonchev–Trinajstić information content (AvgIpc) is 2.70. The molecule has 1 unspecified atom stereocenters. The van der Waals surface area contributed by atoms with Crippen molar-refractivity contribution in [2.24, 2.45) is 0 Å². The third-order valence-electron chi connectivity index (χ3n) is 2.89. The van der Waals surface area contributed by atoms with Gasteiger partial charge in [-0.3, -0.25) is 8.78 Å². The van der Waals surface area contributed by atoms with Crippen molar-refractivity contribution in [3.63, 3.8) is 0 Å². The Morgan fingerprint density at radius 2 is 2.21 bits per heavy atom. The van der Waals surface area contributed by atoms with Crippen LogP contribution in [0.4, 0.5) is 0 Å². The second-order valence-corrected chi connectivity index (χ2v) is 5.92. The molecule has 2 rings (SSSR count). The molecule has 0 fully saturated rings. The highest BCUT2D eigenvalue weighted by Gasteiger charge is 2.10. The Morgan fingerprint density at radius 1 is 1.47 bits per heavy atom. The van der Waals surface area contributed by atoms with E-state index < -0.39 is 16.8 Å². The second kappa shape index (κ2) is 5.40. The first kappa shape index (κ1) is 13.5. The van der Waals surface area contributed by atoms with Crippen LogP contribution in [0.1, 0.15) is 17.3 Å². The maximum Gasteiger partial charge on any atom is 0.335 e. The van der Waals surface area contributed by atoms with Crippen molar-refractivity contribution in [1.29, 1.82) is 0 Å². The van der Waals surface area contributed by atoms with Crippen molar-refractivity contribution in [2.75, 3.05) is 11.5 Å². The Kier molecular flexibility index (Phi) is 3.84. The van der Waals surface area contributed by atoms with Crippen LogP contribution in [0.2, 0.25) is 0 Å². The zero-order chi connectivity index (χ0) is 14.0. The van der Waals surface area contributed by atoms with Crippen molar-refractivity contribution in [2.45, 2.75) is 13.5 Å². The fourth-order valence-electron chi connectivity index (χ4n) is 1.86. The number of aryl methyl sites for hydroxylation is 1. The molecule has 2 aromatic rings. The minimum Gasteiger partial charge on any atom is -0.478 e. The zero-order valence-corrected chi connectivity index (χ0v) is 11.2. The zero-order valence-electron chi connectivity index (χ0n) is 10.4. The molecule has 0 radical (unpaired) electrons. The number of rotatable bonds is 5. The summed E-state index contributed by atoms with van der Waals surface area (Å²) in [7, 11) is -0.942. The third kappa shape index (κ3) is 2.76. The van der Waals surface area contributed by atoms with Crippen molar-refractivity contribution in [3.05, 3.63) is 34.2 Å². The van der Waals surface area contributed by atoms with Gasteiger partial charge >= 0.3 is 11.7 Å². The lowest BCUT2D eigenvalue weighted by Gasteiger charge is -2.02. The first-order valence-electron chi connectivity index (χ1n) is 5.83. The van der Waals surface area contributed by atoms with Crippen LogP contribution >= 0.6 is 0 Å². The summed E-state index contributed by atoms with van der Waals surface area (Å²) >= 11 is 0. The van der Waals surface area contributed by atoms with E-state index in [-0.39, 0.29) is 11.3 Å². The molecule has 1 aromatic carbocycles. The smallest absolute Gasteiger partial charge is 0.335 e. The lowest BCUT2D eigenvalue weighted by Crippen LogP contribution is -2.20. The Morgan fingerprint density at radius 3 is 2.84 bits per heavy atom. The highest BCUT2D eigenvalue weighted by atomic mass is 32.2. The number of nitrogens with zero attached hydrogens (tertiary/aromatic N) is 1. The summed E-state index contributed by atoms with van der Waals surface area (Å²) in [5, 5.41) is 8.89. The lowest BCUT2D eigenvalue weighted by molar-refractivity contribution is 0.0697. The number of aromatic nitrogens is 2. The minimum atomic E-state index is -1.04. The maximum absolute atomic E-state index is 11.8. The third-order valence-corrected chi connectivity index (χ3v) is 4.17. The number of carbonyl (C=O) groups is 1. The summed E-state index contributed by atoms with van der Waals surface area (Å²) in [5.41, 5.74) is 0.916. The molecule has 1 aromatic heterocycles. The number of hydrogen-bond acceptors (Lipinski definition) is 3. The van der Waals surface area contributed by atoms with Crippen LogP contribution in [0.15, 0.2) is 23.0 Å². The fraction of sp³-hybridized carbons (Fsp3) is 0.333. The molecule has 19 heavy (non-hydrogen) atoms. The lowest BCUT2D eigenvalue weighted by atomic mass is 10.2. The summed E-state index contributed by atoms with van der Waals surface area (Å²) in [6.07, 6.45) is 0. The van der Waals surface area contributed by atoms with Gasteiger partial charge in [0, 0.05) is 28.9 Å². The normalized spacial score (nSPS) is 12.7. The van der Waals surface area contributed by atoms with Gasteiger partial charge in [0.05, 0.1) is 16.6 Å². The molecule has 2 N–H and O–H groups in total. The monoisotopic (exact) mass is 282 g/mol. The molecule has 1 heterocycles. The molecule has 0 amide bonds. The fourth-order valence-corrected chi connectivity index (χ4v) is 2.53. The Balaban J connectivity index is 2.39. The standard InChI is InChI=1S/C12H14N2O4S/c1-2-19(18)6-5-14-10-4-3-8(11(15)16)7-9(10)13-12(14)17/h3-4,7H,2,5-6H2,1H3,(H,13,17)(H,15,16). The van der Waals surface area contributed by atoms with E-state index in [1.165, 1.54) is 16.7 Å². The number of nitrogens with one attached hydrogen (secondary N) is 1. The quantitative estimate of drug-likeness (QED) is 0.848. The van der Waals surface area contributed by atoms with Crippen LogP contribution in [0.3, 0.4) is 0 Å². The van der Waals surface area contributed by atoms with E-state index >= 15 is 0 Å². The Bertz CT molecular complexity index is 701. The van der Waals surface area contributed by atoms with E-state index in [2.05, 4.69) is 4.98 Å². The second-order valence-electron chi connectivity index (χ2n) is 4.05. The largest absolute Gasteiger partial charge is 0.478 e. The van der Waals surface area contributed by atoms with Gasteiger partial charge in [-0.25, -0.2) is 9.59 Å². The van der Waals surface area contributed by atoms with Gasteiger partial charge in [-0.2, -0.15) is 0 Å². The first-order chi connectivity index (χ1) is 9.02. The molecular weight excluding hydrogens is 268 g/mol. The maximum atomic E-state index is 11.8. The highest BCUT2D eigenvalue weighted by Crippen LogP contribution is 2.13. The van der Waals surface area contributed by atoms with Crippen molar-refractivity contribution in [3.8, 4) is 0 Å². The van der Waals surface area contributed by atoms with Crippen LogP contribution in [0.5, 0.6) is 0 Å². The number of aromatic carboxylic acids is 1. The molecule has 0 bridgehead atoms. The van der Waals surface area contributed by atoms with Gasteiger partial charge in [-0.15, -0.1) is 0 Å². The molecule has 0 saturated carbocycles. The van der Waals surface area contributed by atoms with Gasteiger partial charge in [0.2, 0.25) is 0 Å². The Labute approximate surface area is 111 Å². The van der Waals surface area contributed by atoms with E-state index in [0.29, 0.717) is 29.1 Å². The summed E-state index contributed by atoms with van der Waals surface area (Å²) in [6.45, 7) is 2.18. The molecular formula is C12H14N2O4S. The first-order valence-corrected chi connectivity index (χ1v) is 7.32. The van der Waals surface area contributed by atoms with E-state index in [4.69, 9.17) is 5.11 Å². The molecule has 102 valence electrons. The summed E-state index contributed by atoms with van der Waals surface area (Å²) in [5.74, 6) is -0.0767. The molecule has 0 saturated heterocycles. The van der Waals surface area contributed by atoms with Gasteiger partial charge in [0.25, 0.3) is 0 Å². The van der Waals surface area contributed by atoms with Crippen LogP contribution in [-0.4, -0.2) is 36.3 Å². The molecule has 0 aliphatic rings. The van der Waals surface area contributed by atoms with E-state index in [9.17, 15) is 13.8 Å². The van der Waals surface area contributed by atoms with E-state index in [1.54, 1.807) is 6.07 Å². The molecule has 6 nitrogen and oxygen atoms in total. The van der Waals surface area contributed by atoms with Crippen LogP contribution in [-0.2, 0) is 17.3 Å². The predicted octanol–water partition coefficient (Wildman–Crippen LogP) is 0.796. The molecule has 7 heteroatoms. The van der Waals surface area contributed by atoms with Gasteiger partial charge < -0.3 is 10.1 Å². The van der Waals surface area contributed by atoms with Crippen molar-refractivity contribution < 1.29 is 14.1 Å². The number of benzene rings is 1. The topological polar surface area (TPSA) is 92.2 Å². The van der Waals surface area contributed by atoms with Gasteiger partial charge in [-0.1, -0.05) is 6.92 Å². The van der Waals surface area contributed by atoms with E-state index in [1.807, 2.05) is 6.92 Å². The SMILES string of the molecule is CCS(=O)CCn1c(=O)[nH]c2cc(C(=O)O)ccc21. The number of H-pyrrole nitrogens is 1. The molecule has 0 spiro atoms. The number of fused-ring (bicyclic) bond motifs is 1. The van der Waals surface area contributed by atoms with Crippen LogP contribution in [0.25, 0.3) is 11.0 Å². The number of carboxylic acids is 1. The van der Waals surface area contributed by atoms with Crippen LogP contribution in [0, 0.1) is 0 Å².